The van der Waals surface area contributed by atoms with Crippen LogP contribution in [0.4, 0.5) is 11.4 Å². The van der Waals surface area contributed by atoms with Crippen LogP contribution in [-0.2, 0) is 25.5 Å². The van der Waals surface area contributed by atoms with Crippen molar-refractivity contribution < 1.29 is 23.9 Å². The molecule has 0 radical (unpaired) electrons. The van der Waals surface area contributed by atoms with E-state index in [9.17, 15) is 14.4 Å². The van der Waals surface area contributed by atoms with Gasteiger partial charge < -0.3 is 25.4 Å². The van der Waals surface area contributed by atoms with E-state index in [1.165, 1.54) is 0 Å². The molecule has 39 heavy (non-hydrogen) atoms. The Labute approximate surface area is 230 Å². The van der Waals surface area contributed by atoms with Gasteiger partial charge in [-0.1, -0.05) is 12.1 Å². The molecule has 0 unspecified atom stereocenters. The highest BCUT2D eigenvalue weighted by Crippen LogP contribution is 2.22. The molecule has 2 aromatic rings. The van der Waals surface area contributed by atoms with Gasteiger partial charge in [-0.15, -0.1) is 0 Å². The number of hydrogen-bond donors (Lipinski definition) is 2. The minimum atomic E-state index is -0.753. The number of amides is 2. The lowest BCUT2D eigenvalue weighted by Crippen LogP contribution is -2.51. The maximum absolute atomic E-state index is 12.9. The normalized spacial score (nSPS) is 18.1. The molecule has 0 bridgehead atoms. The van der Waals surface area contributed by atoms with Gasteiger partial charge >= 0.3 is 5.97 Å². The molecule has 2 aliphatic heterocycles. The van der Waals surface area contributed by atoms with Crippen LogP contribution in [0.3, 0.4) is 0 Å². The highest BCUT2D eigenvalue weighted by Gasteiger charge is 2.27. The topological polar surface area (TPSA) is 114 Å². The standard InChI is InChI=1S/C30H40N4O5/c1-30(2,3)39-29(37)23-6-8-24(9-7-23)32-28(36)26(31)18-21-4-10-25(11-5-21)34-15-14-33(20-27(34)35)19-22-12-16-38-17-13-22/h4-11,22,26H,12-20,31H2,1-3H3,(H,32,36)/t26-/m0/s1. The van der Waals surface area contributed by atoms with Gasteiger partial charge in [0.25, 0.3) is 0 Å². The van der Waals surface area contributed by atoms with E-state index in [0.717, 1.165) is 50.4 Å². The Morgan fingerprint density at radius 1 is 1.05 bits per heavy atom. The largest absolute Gasteiger partial charge is 0.456 e. The number of anilines is 2. The van der Waals surface area contributed by atoms with Gasteiger partial charge in [-0.25, -0.2) is 4.79 Å². The van der Waals surface area contributed by atoms with Crippen LogP contribution in [0.15, 0.2) is 48.5 Å². The van der Waals surface area contributed by atoms with E-state index in [0.29, 0.717) is 36.7 Å². The van der Waals surface area contributed by atoms with Gasteiger partial charge in [0.05, 0.1) is 18.2 Å². The number of nitrogens with two attached hydrogens (primary N) is 1. The first-order valence-corrected chi connectivity index (χ1v) is 13.7. The number of benzene rings is 2. The summed E-state index contributed by atoms with van der Waals surface area (Å²) in [5.74, 6) is -0.0239. The number of hydrogen-bond acceptors (Lipinski definition) is 7. The Kier molecular flexibility index (Phi) is 9.37. The average molecular weight is 537 g/mol. The first-order valence-electron chi connectivity index (χ1n) is 13.7. The molecule has 0 aliphatic carbocycles. The number of rotatable bonds is 8. The summed E-state index contributed by atoms with van der Waals surface area (Å²) in [5.41, 5.74) is 8.32. The summed E-state index contributed by atoms with van der Waals surface area (Å²) >= 11 is 0. The number of ether oxygens (including phenoxy) is 2. The Morgan fingerprint density at radius 3 is 2.33 bits per heavy atom. The van der Waals surface area contributed by atoms with E-state index in [2.05, 4.69) is 10.2 Å². The Hall–Kier alpha value is -3.27. The van der Waals surface area contributed by atoms with E-state index in [1.807, 2.05) is 49.9 Å². The molecular formula is C30H40N4O5. The zero-order valence-electron chi connectivity index (χ0n) is 23.2. The molecule has 2 fully saturated rings. The fraction of sp³-hybridized carbons (Fsp3) is 0.500. The molecule has 2 amide bonds. The summed E-state index contributed by atoms with van der Waals surface area (Å²) < 4.78 is 10.8. The lowest BCUT2D eigenvalue weighted by molar-refractivity contribution is -0.121. The van der Waals surface area contributed by atoms with Crippen LogP contribution in [0.25, 0.3) is 0 Å². The molecule has 3 N–H and O–H groups in total. The van der Waals surface area contributed by atoms with Gasteiger partial charge in [-0.2, -0.15) is 0 Å². The van der Waals surface area contributed by atoms with Crippen molar-refractivity contribution in [3.63, 3.8) is 0 Å². The van der Waals surface area contributed by atoms with Gasteiger partial charge in [0, 0.05) is 44.2 Å². The third-order valence-electron chi connectivity index (χ3n) is 6.98. The van der Waals surface area contributed by atoms with E-state index >= 15 is 0 Å². The quantitative estimate of drug-likeness (QED) is 0.498. The van der Waals surface area contributed by atoms with Crippen LogP contribution >= 0.6 is 0 Å². The Bertz CT molecular complexity index is 1140. The van der Waals surface area contributed by atoms with Crippen molar-refractivity contribution in [2.75, 3.05) is 49.6 Å². The second kappa shape index (κ2) is 12.7. The third kappa shape index (κ3) is 8.36. The summed E-state index contributed by atoms with van der Waals surface area (Å²) in [5, 5.41) is 2.80. The van der Waals surface area contributed by atoms with Crippen molar-refractivity contribution in [3.8, 4) is 0 Å². The molecular weight excluding hydrogens is 496 g/mol. The molecule has 210 valence electrons. The Balaban J connectivity index is 1.25. The van der Waals surface area contributed by atoms with Gasteiger partial charge in [0.15, 0.2) is 0 Å². The molecule has 0 aromatic heterocycles. The summed E-state index contributed by atoms with van der Waals surface area (Å²) in [7, 11) is 0. The lowest BCUT2D eigenvalue weighted by Gasteiger charge is -2.36. The van der Waals surface area contributed by atoms with E-state index < -0.39 is 17.6 Å². The van der Waals surface area contributed by atoms with E-state index in [4.69, 9.17) is 15.2 Å². The van der Waals surface area contributed by atoms with Crippen LogP contribution in [0.5, 0.6) is 0 Å². The number of esters is 1. The molecule has 9 heteroatoms. The molecule has 2 aliphatic rings. The van der Waals surface area contributed by atoms with Crippen molar-refractivity contribution in [2.45, 2.75) is 51.7 Å². The lowest BCUT2D eigenvalue weighted by atomic mass is 9.99. The van der Waals surface area contributed by atoms with E-state index in [1.54, 1.807) is 24.3 Å². The van der Waals surface area contributed by atoms with Crippen molar-refractivity contribution in [3.05, 3.63) is 59.7 Å². The average Bonchev–Trinajstić information content (AvgIpc) is 2.89. The number of nitrogens with one attached hydrogen (secondary N) is 1. The summed E-state index contributed by atoms with van der Waals surface area (Å²) in [6.07, 6.45) is 2.49. The molecule has 1 atom stereocenters. The third-order valence-corrected chi connectivity index (χ3v) is 6.98. The van der Waals surface area contributed by atoms with Crippen molar-refractivity contribution in [1.82, 2.24) is 4.90 Å². The highest BCUT2D eigenvalue weighted by atomic mass is 16.6. The molecule has 9 nitrogen and oxygen atoms in total. The van der Waals surface area contributed by atoms with E-state index in [-0.39, 0.29) is 11.8 Å². The summed E-state index contributed by atoms with van der Waals surface area (Å²) in [6, 6.07) is 13.4. The van der Waals surface area contributed by atoms with Crippen molar-refractivity contribution in [2.24, 2.45) is 11.7 Å². The predicted octanol–water partition coefficient (Wildman–Crippen LogP) is 3.23. The second-order valence-corrected chi connectivity index (χ2v) is 11.4. The molecule has 4 rings (SSSR count). The van der Waals surface area contributed by atoms with Crippen LogP contribution < -0.4 is 16.0 Å². The van der Waals surface area contributed by atoms with Crippen LogP contribution in [0.1, 0.15) is 49.5 Å². The molecule has 2 saturated heterocycles. The number of carbonyl (C=O) groups excluding carboxylic acids is 3. The molecule has 2 aromatic carbocycles. The Morgan fingerprint density at radius 2 is 1.72 bits per heavy atom. The number of piperazine rings is 1. The van der Waals surface area contributed by atoms with Crippen molar-refractivity contribution in [1.29, 1.82) is 0 Å². The maximum atomic E-state index is 12.9. The molecule has 0 saturated carbocycles. The van der Waals surface area contributed by atoms with Crippen LogP contribution in [0.2, 0.25) is 0 Å². The second-order valence-electron chi connectivity index (χ2n) is 11.4. The number of carbonyl (C=O) groups is 3. The summed E-state index contributed by atoms with van der Waals surface area (Å²) in [4.78, 5) is 41.8. The zero-order valence-corrected chi connectivity index (χ0v) is 23.2. The zero-order chi connectivity index (χ0) is 28.0. The SMILES string of the molecule is CC(C)(C)OC(=O)c1ccc(NC(=O)[C@@H](N)Cc2ccc(N3CCN(CC4CCOCC4)CC3=O)cc2)cc1. The predicted molar refractivity (Wildman–Crippen MR) is 151 cm³/mol. The van der Waals surface area contributed by atoms with Crippen LogP contribution in [0, 0.1) is 5.92 Å². The van der Waals surface area contributed by atoms with Crippen molar-refractivity contribution >= 4 is 29.2 Å². The van der Waals surface area contributed by atoms with Gasteiger partial charge in [-0.3, -0.25) is 14.5 Å². The monoisotopic (exact) mass is 536 g/mol. The fourth-order valence-corrected chi connectivity index (χ4v) is 4.87. The highest BCUT2D eigenvalue weighted by molar-refractivity contribution is 5.96. The maximum Gasteiger partial charge on any atom is 0.338 e. The number of nitrogens with zero attached hydrogens (tertiary/aromatic N) is 2. The summed E-state index contributed by atoms with van der Waals surface area (Å²) in [6.45, 7) is 9.97. The minimum absolute atomic E-state index is 0.106. The first kappa shape index (κ1) is 28.7. The first-order chi connectivity index (χ1) is 18.6. The fourth-order valence-electron chi connectivity index (χ4n) is 4.87. The minimum Gasteiger partial charge on any atom is -0.456 e. The van der Waals surface area contributed by atoms with Gasteiger partial charge in [0.1, 0.15) is 5.60 Å². The van der Waals surface area contributed by atoms with Gasteiger partial charge in [0.2, 0.25) is 11.8 Å². The molecule has 2 heterocycles. The van der Waals surface area contributed by atoms with Crippen LogP contribution in [-0.4, -0.2) is 73.7 Å². The smallest absolute Gasteiger partial charge is 0.338 e. The van der Waals surface area contributed by atoms with Gasteiger partial charge in [-0.05, 0) is 87.9 Å². The molecule has 0 spiro atoms.